The summed E-state index contributed by atoms with van der Waals surface area (Å²) in [5, 5.41) is 9.72. The summed E-state index contributed by atoms with van der Waals surface area (Å²) in [5.41, 5.74) is 1.05. The molecule has 0 amide bonds. The molecule has 1 N–H and O–H groups in total. The standard InChI is InChI=1S/C12H15NOS2/c1-8(2)10(14)7-15-12-13-9-5-3-4-6-11(9)16-12/h3-6,8,10,14H,7H2,1-2H3. The van der Waals surface area contributed by atoms with E-state index in [0.29, 0.717) is 5.92 Å². The molecule has 0 aliphatic heterocycles. The molecule has 0 radical (unpaired) electrons. The molecule has 0 aliphatic rings. The Balaban J connectivity index is 2.05. The van der Waals surface area contributed by atoms with Crippen LogP contribution in [0.4, 0.5) is 0 Å². The first-order chi connectivity index (χ1) is 7.66. The van der Waals surface area contributed by atoms with Crippen LogP contribution in [0.3, 0.4) is 0 Å². The number of nitrogens with zero attached hydrogens (tertiary/aromatic N) is 1. The Labute approximate surface area is 104 Å². The average Bonchev–Trinajstić information content (AvgIpc) is 2.68. The average molecular weight is 253 g/mol. The van der Waals surface area contributed by atoms with Gasteiger partial charge in [0.2, 0.25) is 0 Å². The number of aliphatic hydroxyl groups is 1. The van der Waals surface area contributed by atoms with Crippen molar-refractivity contribution in [1.82, 2.24) is 4.98 Å². The van der Waals surface area contributed by atoms with Crippen LogP contribution in [0.1, 0.15) is 13.8 Å². The molecular weight excluding hydrogens is 238 g/mol. The van der Waals surface area contributed by atoms with E-state index in [2.05, 4.69) is 11.1 Å². The lowest BCUT2D eigenvalue weighted by Gasteiger charge is -2.12. The van der Waals surface area contributed by atoms with Gasteiger partial charge in [-0.1, -0.05) is 37.7 Å². The Hall–Kier alpha value is -0.580. The summed E-state index contributed by atoms with van der Waals surface area (Å²) in [6.45, 7) is 4.06. The van der Waals surface area contributed by atoms with Gasteiger partial charge in [-0.2, -0.15) is 0 Å². The van der Waals surface area contributed by atoms with Gasteiger partial charge in [-0.05, 0) is 18.1 Å². The second kappa shape index (κ2) is 5.17. The third-order valence-electron chi connectivity index (χ3n) is 2.42. The molecule has 1 aromatic carbocycles. The fourth-order valence-electron chi connectivity index (χ4n) is 1.26. The van der Waals surface area contributed by atoms with Crippen LogP contribution in [0.5, 0.6) is 0 Å². The number of thiazole rings is 1. The lowest BCUT2D eigenvalue weighted by molar-refractivity contribution is 0.149. The predicted octanol–water partition coefficient (Wildman–Crippen LogP) is 3.41. The zero-order valence-electron chi connectivity index (χ0n) is 9.38. The number of aromatic nitrogens is 1. The second-order valence-electron chi connectivity index (χ2n) is 4.07. The van der Waals surface area contributed by atoms with Crippen molar-refractivity contribution in [3.63, 3.8) is 0 Å². The van der Waals surface area contributed by atoms with Crippen molar-refractivity contribution >= 4 is 33.3 Å². The molecule has 1 heterocycles. The molecular formula is C12H15NOS2. The molecule has 86 valence electrons. The van der Waals surface area contributed by atoms with Crippen molar-refractivity contribution in [2.24, 2.45) is 5.92 Å². The maximum Gasteiger partial charge on any atom is 0.151 e. The van der Waals surface area contributed by atoms with Crippen LogP contribution < -0.4 is 0 Å². The molecule has 2 nitrogen and oxygen atoms in total. The summed E-state index contributed by atoms with van der Waals surface area (Å²) in [6.07, 6.45) is -0.253. The minimum atomic E-state index is -0.253. The van der Waals surface area contributed by atoms with Gasteiger partial charge in [-0.25, -0.2) is 4.98 Å². The molecule has 0 bridgehead atoms. The van der Waals surface area contributed by atoms with Crippen LogP contribution in [0.15, 0.2) is 28.6 Å². The first-order valence-corrected chi connectivity index (χ1v) is 7.13. The highest BCUT2D eigenvalue weighted by molar-refractivity contribution is 8.01. The van der Waals surface area contributed by atoms with E-state index in [1.54, 1.807) is 23.1 Å². The van der Waals surface area contributed by atoms with Crippen LogP contribution >= 0.6 is 23.1 Å². The molecule has 1 aromatic heterocycles. The zero-order chi connectivity index (χ0) is 11.5. The molecule has 2 aromatic rings. The first-order valence-electron chi connectivity index (χ1n) is 5.33. The third-order valence-corrected chi connectivity index (χ3v) is 4.70. The number of hydrogen-bond acceptors (Lipinski definition) is 4. The summed E-state index contributed by atoms with van der Waals surface area (Å²) >= 11 is 3.33. The van der Waals surface area contributed by atoms with Crippen molar-refractivity contribution in [3.8, 4) is 0 Å². The van der Waals surface area contributed by atoms with E-state index in [9.17, 15) is 5.11 Å². The van der Waals surface area contributed by atoms with Crippen molar-refractivity contribution in [2.75, 3.05) is 5.75 Å². The SMILES string of the molecule is CC(C)C(O)CSc1nc2ccccc2s1. The quantitative estimate of drug-likeness (QED) is 0.848. The Morgan fingerprint density at radius 2 is 2.12 bits per heavy atom. The monoisotopic (exact) mass is 253 g/mol. The van der Waals surface area contributed by atoms with Crippen LogP contribution in [0.25, 0.3) is 10.2 Å². The molecule has 0 saturated carbocycles. The van der Waals surface area contributed by atoms with E-state index in [-0.39, 0.29) is 6.10 Å². The number of thioether (sulfide) groups is 1. The summed E-state index contributed by atoms with van der Waals surface area (Å²) in [6, 6.07) is 8.13. The molecule has 0 aliphatic carbocycles. The number of para-hydroxylation sites is 1. The Kier molecular flexibility index (Phi) is 3.84. The second-order valence-corrected chi connectivity index (χ2v) is 6.37. The van der Waals surface area contributed by atoms with E-state index in [4.69, 9.17) is 0 Å². The Morgan fingerprint density at radius 3 is 2.81 bits per heavy atom. The maximum atomic E-state index is 9.72. The van der Waals surface area contributed by atoms with Gasteiger partial charge < -0.3 is 5.11 Å². The van der Waals surface area contributed by atoms with E-state index in [1.807, 2.05) is 32.0 Å². The van der Waals surface area contributed by atoms with Gasteiger partial charge in [0.25, 0.3) is 0 Å². The zero-order valence-corrected chi connectivity index (χ0v) is 11.0. The molecule has 0 saturated heterocycles. The van der Waals surface area contributed by atoms with Crippen molar-refractivity contribution in [3.05, 3.63) is 24.3 Å². The largest absolute Gasteiger partial charge is 0.392 e. The first kappa shape index (κ1) is 11.9. The van der Waals surface area contributed by atoms with Gasteiger partial charge in [0.15, 0.2) is 4.34 Å². The van der Waals surface area contributed by atoms with E-state index in [0.717, 1.165) is 15.6 Å². The molecule has 16 heavy (non-hydrogen) atoms. The van der Waals surface area contributed by atoms with Gasteiger partial charge in [-0.3, -0.25) is 0 Å². The van der Waals surface area contributed by atoms with Gasteiger partial charge >= 0.3 is 0 Å². The Morgan fingerprint density at radius 1 is 1.38 bits per heavy atom. The minimum absolute atomic E-state index is 0.253. The molecule has 0 spiro atoms. The normalized spacial score (nSPS) is 13.5. The van der Waals surface area contributed by atoms with Gasteiger partial charge in [0.1, 0.15) is 0 Å². The summed E-state index contributed by atoms with van der Waals surface area (Å²) in [7, 11) is 0. The van der Waals surface area contributed by atoms with Gasteiger partial charge in [0.05, 0.1) is 16.3 Å². The lowest BCUT2D eigenvalue weighted by atomic mass is 10.1. The third kappa shape index (κ3) is 2.75. The number of rotatable bonds is 4. The van der Waals surface area contributed by atoms with Crippen LogP contribution in [-0.2, 0) is 0 Å². The summed E-state index contributed by atoms with van der Waals surface area (Å²) in [5.74, 6) is 1.03. The molecule has 1 unspecified atom stereocenters. The highest BCUT2D eigenvalue weighted by Gasteiger charge is 2.11. The minimum Gasteiger partial charge on any atom is -0.392 e. The molecule has 4 heteroatoms. The van der Waals surface area contributed by atoms with Crippen molar-refractivity contribution < 1.29 is 5.11 Å². The lowest BCUT2D eigenvalue weighted by Crippen LogP contribution is -2.17. The van der Waals surface area contributed by atoms with Crippen LogP contribution in [0, 0.1) is 5.92 Å². The molecule has 2 rings (SSSR count). The fraction of sp³-hybridized carbons (Fsp3) is 0.417. The maximum absolute atomic E-state index is 9.72. The van der Waals surface area contributed by atoms with Gasteiger partial charge in [0, 0.05) is 5.75 Å². The van der Waals surface area contributed by atoms with E-state index < -0.39 is 0 Å². The Bertz CT molecular complexity index is 434. The van der Waals surface area contributed by atoms with Gasteiger partial charge in [-0.15, -0.1) is 11.3 Å². The topological polar surface area (TPSA) is 33.1 Å². The fourth-order valence-corrected chi connectivity index (χ4v) is 3.53. The predicted molar refractivity (Wildman–Crippen MR) is 71.2 cm³/mol. The summed E-state index contributed by atoms with van der Waals surface area (Å²) < 4.78 is 2.25. The number of benzene rings is 1. The molecule has 1 atom stereocenters. The van der Waals surface area contributed by atoms with Crippen LogP contribution in [0.2, 0.25) is 0 Å². The van der Waals surface area contributed by atoms with Crippen molar-refractivity contribution in [1.29, 1.82) is 0 Å². The highest BCUT2D eigenvalue weighted by atomic mass is 32.2. The number of hydrogen-bond donors (Lipinski definition) is 1. The van der Waals surface area contributed by atoms with E-state index in [1.165, 1.54) is 4.70 Å². The molecule has 0 fully saturated rings. The summed E-state index contributed by atoms with van der Waals surface area (Å²) in [4.78, 5) is 4.51. The van der Waals surface area contributed by atoms with Crippen LogP contribution in [-0.4, -0.2) is 21.9 Å². The number of fused-ring (bicyclic) bond motifs is 1. The number of aliphatic hydroxyl groups excluding tert-OH is 1. The van der Waals surface area contributed by atoms with Crippen molar-refractivity contribution in [2.45, 2.75) is 24.3 Å². The highest BCUT2D eigenvalue weighted by Crippen LogP contribution is 2.30. The smallest absolute Gasteiger partial charge is 0.151 e. The van der Waals surface area contributed by atoms with E-state index >= 15 is 0 Å².